The lowest BCUT2D eigenvalue weighted by molar-refractivity contribution is -0.591. The highest BCUT2D eigenvalue weighted by Gasteiger charge is 2.33. The molecule has 3 aromatic rings. The third kappa shape index (κ3) is 9.11. The molecule has 2 amide bonds. The molecule has 1 aliphatic heterocycles. The minimum Gasteiger partial charge on any atom is -0.711 e. The van der Waals surface area contributed by atoms with Gasteiger partial charge in [0.1, 0.15) is 17.9 Å². The maximum atomic E-state index is 13.4. The molecule has 4 rings (SSSR count). The number of carboxylic acid groups (broad SMARTS) is 1. The van der Waals surface area contributed by atoms with E-state index in [0.717, 1.165) is 23.3 Å². The van der Waals surface area contributed by atoms with Crippen molar-refractivity contribution in [1.29, 1.82) is 0 Å². The predicted molar refractivity (Wildman–Crippen MR) is 161 cm³/mol. The Morgan fingerprint density at radius 3 is 2.41 bits per heavy atom. The highest BCUT2D eigenvalue weighted by Crippen LogP contribution is 2.31. The molecule has 46 heavy (non-hydrogen) atoms. The van der Waals surface area contributed by atoms with Crippen LogP contribution in [0, 0.1) is 11.1 Å². The molecule has 1 atom stereocenters. The number of nitrogens with zero attached hydrogens (tertiary/aromatic N) is 3. The number of alkyl halides is 3. The molecule has 13 heteroatoms. The first kappa shape index (κ1) is 34.1. The normalized spacial score (nSPS) is 15.1. The first-order valence-corrected chi connectivity index (χ1v) is 14.7. The fourth-order valence-corrected chi connectivity index (χ4v) is 5.11. The van der Waals surface area contributed by atoms with Crippen molar-refractivity contribution < 1.29 is 46.9 Å². The van der Waals surface area contributed by atoms with Crippen molar-refractivity contribution in [3.05, 3.63) is 94.3 Å². The van der Waals surface area contributed by atoms with Gasteiger partial charge in [0.15, 0.2) is 0 Å². The summed E-state index contributed by atoms with van der Waals surface area (Å²) in [5.74, 6) is -1.80. The quantitative estimate of drug-likeness (QED) is 0.170. The number of hydrogen-bond acceptors (Lipinski definition) is 6. The summed E-state index contributed by atoms with van der Waals surface area (Å²) in [5.41, 5.74) is 0.375. The second-order valence-electron chi connectivity index (χ2n) is 12.0. The maximum absolute atomic E-state index is 13.4. The molecule has 0 unspecified atom stereocenters. The fraction of sp³-hybridized carbons (Fsp3) is 0.394. The number of amides is 2. The van der Waals surface area contributed by atoms with Crippen LogP contribution in [0.15, 0.2) is 66.9 Å². The van der Waals surface area contributed by atoms with Gasteiger partial charge in [-0.1, -0.05) is 24.3 Å². The number of carbonyl (C=O) groups is 3. The molecule has 10 nitrogen and oxygen atoms in total. The number of rotatable bonds is 10. The molecule has 2 aromatic carbocycles. The van der Waals surface area contributed by atoms with Crippen LogP contribution in [0.1, 0.15) is 55.9 Å². The standard InChI is InChI=1S/C33H36F3N3O7/c1-32(2,3)46-31(43)38(28-7-4-5-15-39(28)44)14-6-16-45-27-13-10-23-17-24(19-29(40)41)30(42)37(21-25(23)18-27)20-22-8-11-26(12-9-22)33(34,35)36/h4-5,7-13,15,18,24H,6,14,16-17,19-21H2,1-3H3,(H,40,41)/t24-/m0/s1. The van der Waals surface area contributed by atoms with Crippen molar-refractivity contribution in [3.8, 4) is 5.75 Å². The van der Waals surface area contributed by atoms with Gasteiger partial charge >= 0.3 is 18.2 Å². The summed E-state index contributed by atoms with van der Waals surface area (Å²) in [7, 11) is 0. The fourth-order valence-electron chi connectivity index (χ4n) is 5.11. The Morgan fingerprint density at radius 2 is 1.78 bits per heavy atom. The van der Waals surface area contributed by atoms with Gasteiger partial charge < -0.3 is 24.7 Å². The number of fused-ring (bicyclic) bond motifs is 1. The molecule has 0 bridgehead atoms. The molecule has 0 saturated heterocycles. The number of pyridine rings is 1. The molecule has 0 fully saturated rings. The molecule has 0 radical (unpaired) electrons. The highest BCUT2D eigenvalue weighted by atomic mass is 19.4. The van der Waals surface area contributed by atoms with Crippen molar-refractivity contribution in [2.24, 2.45) is 5.92 Å². The zero-order valence-corrected chi connectivity index (χ0v) is 25.8. The van der Waals surface area contributed by atoms with Crippen LogP contribution < -0.4 is 14.4 Å². The van der Waals surface area contributed by atoms with Gasteiger partial charge in [-0.3, -0.25) is 9.59 Å². The summed E-state index contributed by atoms with van der Waals surface area (Å²) in [5, 5.41) is 21.8. The van der Waals surface area contributed by atoms with E-state index in [2.05, 4.69) is 0 Å². The van der Waals surface area contributed by atoms with Gasteiger partial charge in [0.2, 0.25) is 5.91 Å². The largest absolute Gasteiger partial charge is 0.711 e. The average Bonchev–Trinajstić information content (AvgIpc) is 3.08. The van der Waals surface area contributed by atoms with Crippen molar-refractivity contribution in [2.75, 3.05) is 18.1 Å². The first-order valence-electron chi connectivity index (χ1n) is 14.7. The molecule has 0 aliphatic carbocycles. The Morgan fingerprint density at radius 1 is 1.07 bits per heavy atom. The van der Waals surface area contributed by atoms with Crippen molar-refractivity contribution in [2.45, 2.75) is 64.9 Å². The van der Waals surface area contributed by atoms with Crippen LogP contribution in [0.2, 0.25) is 0 Å². The van der Waals surface area contributed by atoms with Crippen molar-refractivity contribution in [1.82, 2.24) is 4.90 Å². The summed E-state index contributed by atoms with van der Waals surface area (Å²) >= 11 is 0. The number of anilines is 1. The first-order chi connectivity index (χ1) is 21.6. The van der Waals surface area contributed by atoms with E-state index in [9.17, 15) is 37.9 Å². The zero-order chi connectivity index (χ0) is 33.6. The van der Waals surface area contributed by atoms with Gasteiger partial charge in [0, 0.05) is 25.6 Å². The van der Waals surface area contributed by atoms with Gasteiger partial charge in [0.25, 0.3) is 5.82 Å². The summed E-state index contributed by atoms with van der Waals surface area (Å²) in [6, 6.07) is 14.4. The second kappa shape index (κ2) is 14.1. The smallest absolute Gasteiger partial charge is 0.507 e. The summed E-state index contributed by atoms with van der Waals surface area (Å²) in [6.07, 6.45) is -3.76. The second-order valence-corrected chi connectivity index (χ2v) is 12.0. The summed E-state index contributed by atoms with van der Waals surface area (Å²) in [6.45, 7) is 5.57. The zero-order valence-electron chi connectivity index (χ0n) is 25.8. The minimum absolute atomic E-state index is 0.00266. The van der Waals surface area contributed by atoms with E-state index in [0.29, 0.717) is 22.5 Å². The van der Waals surface area contributed by atoms with E-state index in [1.807, 2.05) is 0 Å². The predicted octanol–water partition coefficient (Wildman–Crippen LogP) is 5.73. The minimum atomic E-state index is -4.49. The van der Waals surface area contributed by atoms with E-state index in [1.54, 1.807) is 51.1 Å². The van der Waals surface area contributed by atoms with Gasteiger partial charge in [-0.05, 0) is 74.2 Å². The Kier molecular flexibility index (Phi) is 10.4. The van der Waals surface area contributed by atoms with Crippen molar-refractivity contribution in [3.63, 3.8) is 0 Å². The summed E-state index contributed by atoms with van der Waals surface area (Å²) in [4.78, 5) is 40.6. The van der Waals surface area contributed by atoms with Crippen LogP contribution in [0.25, 0.3) is 0 Å². The third-order valence-electron chi connectivity index (χ3n) is 7.23. The number of ether oxygens (including phenoxy) is 2. The Hall–Kier alpha value is -4.81. The molecule has 1 aromatic heterocycles. The van der Waals surface area contributed by atoms with E-state index in [-0.39, 0.29) is 44.9 Å². The number of benzene rings is 2. The number of aliphatic carboxylic acids is 1. The van der Waals surface area contributed by atoms with Crippen LogP contribution in [0.4, 0.5) is 23.8 Å². The lowest BCUT2D eigenvalue weighted by Crippen LogP contribution is -2.44. The number of halogens is 3. The number of hydrogen-bond donors (Lipinski definition) is 1. The molecular formula is C33H36F3N3O7. The highest BCUT2D eigenvalue weighted by molar-refractivity contribution is 5.86. The summed E-state index contributed by atoms with van der Waals surface area (Å²) < 4.78 is 51.1. The number of carboxylic acids is 1. The van der Waals surface area contributed by atoms with Crippen LogP contribution in [0.3, 0.4) is 0 Å². The van der Waals surface area contributed by atoms with E-state index >= 15 is 0 Å². The van der Waals surface area contributed by atoms with Gasteiger partial charge in [0.05, 0.1) is 30.7 Å². The van der Waals surface area contributed by atoms with Gasteiger partial charge in [-0.15, -0.1) is 0 Å². The van der Waals surface area contributed by atoms with E-state index in [1.165, 1.54) is 34.2 Å². The van der Waals surface area contributed by atoms with E-state index < -0.39 is 41.2 Å². The average molecular weight is 644 g/mol. The lowest BCUT2D eigenvalue weighted by Gasteiger charge is -2.24. The Labute approximate surface area is 264 Å². The molecule has 1 N–H and O–H groups in total. The molecule has 0 saturated carbocycles. The SMILES string of the molecule is CC(C)(C)OC(=O)N(CCCOc1ccc2c(c1)CN(Cc1ccc(C(F)(F)F)cc1)C(=O)[C@H](CC(=O)O)C2)c1cccc[n+]1[O-]. The Bertz CT molecular complexity index is 1560. The maximum Gasteiger partial charge on any atom is 0.507 e. The number of aromatic nitrogens is 1. The van der Waals surface area contributed by atoms with Crippen molar-refractivity contribution >= 4 is 23.8 Å². The molecular weight excluding hydrogens is 607 g/mol. The van der Waals surface area contributed by atoms with Crippen LogP contribution in [0.5, 0.6) is 5.75 Å². The third-order valence-corrected chi connectivity index (χ3v) is 7.23. The van der Waals surface area contributed by atoms with Gasteiger partial charge in [-0.25, -0.2) is 4.73 Å². The number of carbonyl (C=O) groups excluding carboxylic acids is 2. The monoisotopic (exact) mass is 643 g/mol. The molecule has 1 aliphatic rings. The van der Waals surface area contributed by atoms with Crippen LogP contribution in [-0.4, -0.2) is 46.7 Å². The Balaban J connectivity index is 1.48. The molecule has 0 spiro atoms. The lowest BCUT2D eigenvalue weighted by atomic mass is 9.94. The molecule has 2 heterocycles. The van der Waals surface area contributed by atoms with Crippen LogP contribution >= 0.6 is 0 Å². The van der Waals surface area contributed by atoms with Gasteiger partial charge in [-0.2, -0.15) is 22.9 Å². The van der Waals surface area contributed by atoms with Crippen LogP contribution in [-0.2, 0) is 40.0 Å². The van der Waals surface area contributed by atoms with E-state index in [4.69, 9.17) is 9.47 Å². The molecule has 246 valence electrons. The topological polar surface area (TPSA) is 123 Å².